The van der Waals surface area contributed by atoms with Gasteiger partial charge in [-0.25, -0.2) is 4.79 Å². The number of hydrogen-bond acceptors (Lipinski definition) is 8. The van der Waals surface area contributed by atoms with E-state index < -0.39 is 66.3 Å². The van der Waals surface area contributed by atoms with Crippen LogP contribution in [0.15, 0.2) is 0 Å². The maximum Gasteiger partial charge on any atom is 0.326 e. The van der Waals surface area contributed by atoms with Crippen molar-refractivity contribution in [3.8, 4) is 0 Å². The lowest BCUT2D eigenvalue weighted by Crippen LogP contribution is -2.57. The molecule has 166 valence electrons. The topological polar surface area (TPSA) is 214 Å². The standard InChI is InChI=1S/C16H29N5O7S/c1-7(19-15(26)12(18)8(2)22)13(24)20-9(4-5-29-3)14(25)21-10(16(27)28)6-11(17)23/h7-10,12,22H,4-6,18H2,1-3H3,(H2,17,23)(H,19,26)(H,20,24)(H,21,25)(H,27,28). The number of aliphatic hydroxyl groups is 1. The van der Waals surface area contributed by atoms with E-state index in [1.807, 2.05) is 0 Å². The van der Waals surface area contributed by atoms with Crippen LogP contribution in [0.4, 0.5) is 0 Å². The van der Waals surface area contributed by atoms with E-state index >= 15 is 0 Å². The normalized spacial score (nSPS) is 15.9. The van der Waals surface area contributed by atoms with Crippen molar-refractivity contribution in [1.29, 1.82) is 0 Å². The molecule has 0 aromatic carbocycles. The smallest absolute Gasteiger partial charge is 0.326 e. The van der Waals surface area contributed by atoms with Crippen LogP contribution in [0.2, 0.25) is 0 Å². The zero-order valence-electron chi connectivity index (χ0n) is 16.5. The van der Waals surface area contributed by atoms with E-state index in [0.717, 1.165) is 0 Å². The van der Waals surface area contributed by atoms with Gasteiger partial charge in [0.25, 0.3) is 0 Å². The van der Waals surface area contributed by atoms with Gasteiger partial charge in [-0.3, -0.25) is 19.2 Å². The minimum Gasteiger partial charge on any atom is -0.480 e. The first kappa shape index (κ1) is 26.6. The minimum atomic E-state index is -1.53. The van der Waals surface area contributed by atoms with E-state index in [1.54, 1.807) is 6.26 Å². The fourth-order valence-electron chi connectivity index (χ4n) is 2.07. The largest absolute Gasteiger partial charge is 0.480 e. The highest BCUT2D eigenvalue weighted by atomic mass is 32.2. The average Bonchev–Trinajstić information content (AvgIpc) is 2.62. The Labute approximate surface area is 172 Å². The Kier molecular flexibility index (Phi) is 11.9. The fraction of sp³-hybridized carbons (Fsp3) is 0.688. The van der Waals surface area contributed by atoms with Crippen molar-refractivity contribution in [2.45, 2.75) is 57.0 Å². The molecule has 0 aromatic heterocycles. The lowest BCUT2D eigenvalue weighted by Gasteiger charge is -2.23. The van der Waals surface area contributed by atoms with E-state index in [1.165, 1.54) is 25.6 Å². The monoisotopic (exact) mass is 435 g/mol. The molecule has 4 amide bonds. The first-order valence-electron chi connectivity index (χ1n) is 8.75. The van der Waals surface area contributed by atoms with Crippen molar-refractivity contribution in [1.82, 2.24) is 16.0 Å². The molecule has 0 aliphatic heterocycles. The highest BCUT2D eigenvalue weighted by molar-refractivity contribution is 7.98. The van der Waals surface area contributed by atoms with Crippen molar-refractivity contribution in [3.63, 3.8) is 0 Å². The number of aliphatic carboxylic acids is 1. The predicted octanol–water partition coefficient (Wildman–Crippen LogP) is -3.12. The van der Waals surface area contributed by atoms with Gasteiger partial charge in [-0.1, -0.05) is 0 Å². The van der Waals surface area contributed by atoms with Gasteiger partial charge in [-0.15, -0.1) is 0 Å². The van der Waals surface area contributed by atoms with Gasteiger partial charge in [0, 0.05) is 0 Å². The molecule has 5 atom stereocenters. The quantitative estimate of drug-likeness (QED) is 0.155. The molecule has 13 heteroatoms. The summed E-state index contributed by atoms with van der Waals surface area (Å²) >= 11 is 1.40. The molecule has 0 radical (unpaired) electrons. The third-order valence-corrected chi connectivity index (χ3v) is 4.48. The molecule has 0 aliphatic rings. The van der Waals surface area contributed by atoms with Crippen LogP contribution >= 0.6 is 11.8 Å². The Morgan fingerprint density at radius 1 is 0.966 bits per heavy atom. The number of carbonyl (C=O) groups is 5. The van der Waals surface area contributed by atoms with Gasteiger partial charge in [0.2, 0.25) is 23.6 Å². The Balaban J connectivity index is 5.10. The van der Waals surface area contributed by atoms with Gasteiger partial charge in [-0.05, 0) is 32.3 Å². The van der Waals surface area contributed by atoms with Gasteiger partial charge in [0.05, 0.1) is 12.5 Å². The van der Waals surface area contributed by atoms with Crippen LogP contribution in [-0.4, -0.2) is 82.1 Å². The number of carboxylic acid groups (broad SMARTS) is 1. The number of hydrogen-bond donors (Lipinski definition) is 7. The van der Waals surface area contributed by atoms with E-state index in [0.29, 0.717) is 5.75 Å². The molecule has 0 spiro atoms. The first-order chi connectivity index (χ1) is 13.4. The van der Waals surface area contributed by atoms with E-state index in [2.05, 4.69) is 16.0 Å². The fourth-order valence-corrected chi connectivity index (χ4v) is 2.54. The summed E-state index contributed by atoms with van der Waals surface area (Å²) in [6.45, 7) is 2.68. The van der Waals surface area contributed by atoms with Crippen molar-refractivity contribution >= 4 is 41.4 Å². The van der Waals surface area contributed by atoms with Crippen LogP contribution < -0.4 is 27.4 Å². The van der Waals surface area contributed by atoms with Crippen molar-refractivity contribution in [2.24, 2.45) is 11.5 Å². The number of aliphatic hydroxyl groups excluding tert-OH is 1. The maximum atomic E-state index is 12.4. The highest BCUT2D eigenvalue weighted by Gasteiger charge is 2.29. The Hall–Kier alpha value is -2.38. The summed E-state index contributed by atoms with van der Waals surface area (Å²) in [5.41, 5.74) is 10.5. The molecule has 0 heterocycles. The van der Waals surface area contributed by atoms with Gasteiger partial charge >= 0.3 is 5.97 Å². The van der Waals surface area contributed by atoms with E-state index in [4.69, 9.17) is 16.6 Å². The van der Waals surface area contributed by atoms with E-state index in [-0.39, 0.29) is 6.42 Å². The van der Waals surface area contributed by atoms with Gasteiger partial charge in [0.15, 0.2) is 0 Å². The van der Waals surface area contributed by atoms with Gasteiger partial charge in [0.1, 0.15) is 24.2 Å². The zero-order chi connectivity index (χ0) is 22.7. The number of nitrogens with one attached hydrogen (secondary N) is 3. The van der Waals surface area contributed by atoms with Crippen LogP contribution in [0.1, 0.15) is 26.7 Å². The Morgan fingerprint density at radius 3 is 1.97 bits per heavy atom. The SMILES string of the molecule is CSCCC(NC(=O)C(C)NC(=O)C(N)C(C)O)C(=O)NC(CC(N)=O)C(=O)O. The third-order valence-electron chi connectivity index (χ3n) is 3.84. The lowest BCUT2D eigenvalue weighted by molar-refractivity contribution is -0.143. The molecular weight excluding hydrogens is 406 g/mol. The molecule has 0 bridgehead atoms. The molecule has 5 unspecified atom stereocenters. The minimum absolute atomic E-state index is 0.176. The van der Waals surface area contributed by atoms with Crippen LogP contribution in [0.25, 0.3) is 0 Å². The van der Waals surface area contributed by atoms with Gasteiger partial charge < -0.3 is 37.6 Å². The first-order valence-corrected chi connectivity index (χ1v) is 10.1. The molecular formula is C16H29N5O7S. The molecule has 29 heavy (non-hydrogen) atoms. The molecule has 0 rings (SSSR count). The summed E-state index contributed by atoms with van der Waals surface area (Å²) in [5.74, 6) is -4.15. The lowest BCUT2D eigenvalue weighted by atomic mass is 10.1. The number of nitrogens with two attached hydrogens (primary N) is 2. The molecule has 0 saturated heterocycles. The second kappa shape index (κ2) is 13.0. The second-order valence-electron chi connectivity index (χ2n) is 6.41. The summed E-state index contributed by atoms with van der Waals surface area (Å²) in [6.07, 6.45) is 0.233. The molecule has 12 nitrogen and oxygen atoms in total. The van der Waals surface area contributed by atoms with Crippen molar-refractivity contribution < 1.29 is 34.2 Å². The maximum absolute atomic E-state index is 12.4. The second-order valence-corrected chi connectivity index (χ2v) is 7.39. The molecule has 0 aliphatic carbocycles. The highest BCUT2D eigenvalue weighted by Crippen LogP contribution is 2.04. The summed E-state index contributed by atoms with van der Waals surface area (Å²) in [7, 11) is 0. The van der Waals surface area contributed by atoms with Gasteiger partial charge in [-0.2, -0.15) is 11.8 Å². The van der Waals surface area contributed by atoms with Crippen LogP contribution in [0, 0.1) is 0 Å². The van der Waals surface area contributed by atoms with E-state index in [9.17, 15) is 29.1 Å². The third kappa shape index (κ3) is 10.1. The predicted molar refractivity (Wildman–Crippen MR) is 106 cm³/mol. The number of rotatable bonds is 13. The molecule has 0 fully saturated rings. The number of thioether (sulfide) groups is 1. The van der Waals surface area contributed by atoms with Crippen LogP contribution in [-0.2, 0) is 24.0 Å². The van der Waals surface area contributed by atoms with Crippen LogP contribution in [0.5, 0.6) is 0 Å². The summed E-state index contributed by atoms with van der Waals surface area (Å²) < 4.78 is 0. The summed E-state index contributed by atoms with van der Waals surface area (Å²) in [5, 5.41) is 25.3. The number of primary amides is 1. The zero-order valence-corrected chi connectivity index (χ0v) is 17.3. The molecule has 0 saturated carbocycles. The van der Waals surface area contributed by atoms with Crippen molar-refractivity contribution in [2.75, 3.05) is 12.0 Å². The number of amides is 4. The molecule has 0 aromatic rings. The summed E-state index contributed by atoms with van der Waals surface area (Å²) in [6, 6.07) is -4.94. The Morgan fingerprint density at radius 2 is 1.52 bits per heavy atom. The average molecular weight is 436 g/mol. The van der Waals surface area contributed by atoms with Crippen LogP contribution in [0.3, 0.4) is 0 Å². The molecule has 9 N–H and O–H groups in total. The number of carbonyl (C=O) groups excluding carboxylic acids is 4. The summed E-state index contributed by atoms with van der Waals surface area (Å²) in [4.78, 5) is 58.8. The van der Waals surface area contributed by atoms with Crippen molar-refractivity contribution in [3.05, 3.63) is 0 Å². The number of carboxylic acids is 1. The Bertz CT molecular complexity index is 616.